The molecule has 4 nitrogen and oxygen atoms in total. The lowest BCUT2D eigenvalue weighted by atomic mass is 10.2. The van der Waals surface area contributed by atoms with Crippen LogP contribution in [-0.2, 0) is 10.0 Å². The van der Waals surface area contributed by atoms with Crippen LogP contribution in [0.5, 0.6) is 0 Å². The molecule has 2 N–H and O–H groups in total. The first-order valence-electron chi connectivity index (χ1n) is 4.75. The first-order chi connectivity index (χ1) is 7.47. The van der Waals surface area contributed by atoms with E-state index in [9.17, 15) is 8.42 Å². The zero-order valence-electron chi connectivity index (χ0n) is 8.79. The van der Waals surface area contributed by atoms with Crippen molar-refractivity contribution >= 4 is 10.0 Å². The normalized spacial score (nSPS) is 11.6. The molecule has 1 aromatic carbocycles. The van der Waals surface area contributed by atoms with Crippen molar-refractivity contribution in [1.29, 1.82) is 0 Å². The van der Waals surface area contributed by atoms with E-state index in [0.29, 0.717) is 0 Å². The zero-order chi connectivity index (χ0) is 11.8. The Kier molecular flexibility index (Phi) is 2.57. The molecule has 0 amide bonds. The van der Waals surface area contributed by atoms with Gasteiger partial charge in [0.2, 0.25) is 10.0 Å². The minimum atomic E-state index is -3.62. The van der Waals surface area contributed by atoms with E-state index in [1.807, 2.05) is 31.2 Å². The standard InChI is InChI=1S/C11H12N2O2S/c1-9-2-4-10(5-3-9)13-7-6-11(8-13)16(12,14)15/h2-8H,1H3,(H2,12,14,15). The summed E-state index contributed by atoms with van der Waals surface area (Å²) in [4.78, 5) is 0.119. The average molecular weight is 236 g/mol. The lowest BCUT2D eigenvalue weighted by Crippen LogP contribution is -2.11. The van der Waals surface area contributed by atoms with E-state index in [1.165, 1.54) is 12.3 Å². The molecule has 0 aliphatic rings. The summed E-state index contributed by atoms with van der Waals surface area (Å²) in [6.45, 7) is 2.00. The Hall–Kier alpha value is -1.59. The molecule has 1 heterocycles. The van der Waals surface area contributed by atoms with Gasteiger partial charge in [-0.25, -0.2) is 13.6 Å². The summed E-state index contributed by atoms with van der Waals surface area (Å²) >= 11 is 0. The summed E-state index contributed by atoms with van der Waals surface area (Å²) < 4.78 is 23.9. The SMILES string of the molecule is Cc1ccc(-n2ccc(S(N)(=O)=O)c2)cc1. The van der Waals surface area contributed by atoms with Crippen molar-refractivity contribution in [3.8, 4) is 5.69 Å². The van der Waals surface area contributed by atoms with Gasteiger partial charge in [-0.2, -0.15) is 0 Å². The Labute approximate surface area is 94.4 Å². The molecule has 0 saturated carbocycles. The Bertz CT molecular complexity index is 597. The van der Waals surface area contributed by atoms with E-state index in [0.717, 1.165) is 11.3 Å². The highest BCUT2D eigenvalue weighted by Gasteiger charge is 2.09. The predicted molar refractivity (Wildman–Crippen MR) is 61.9 cm³/mol. The monoisotopic (exact) mass is 236 g/mol. The molecule has 0 bridgehead atoms. The van der Waals surface area contributed by atoms with E-state index in [2.05, 4.69) is 0 Å². The van der Waals surface area contributed by atoms with Gasteiger partial charge in [-0.3, -0.25) is 0 Å². The smallest absolute Gasteiger partial charge is 0.239 e. The van der Waals surface area contributed by atoms with Crippen LogP contribution >= 0.6 is 0 Å². The van der Waals surface area contributed by atoms with Gasteiger partial charge in [0.05, 0.1) is 4.90 Å². The predicted octanol–water partition coefficient (Wildman–Crippen LogP) is 1.43. The molecular weight excluding hydrogens is 224 g/mol. The van der Waals surface area contributed by atoms with Crippen LogP contribution in [-0.4, -0.2) is 13.0 Å². The molecule has 0 aliphatic heterocycles. The van der Waals surface area contributed by atoms with Gasteiger partial charge in [-0.15, -0.1) is 0 Å². The number of aromatic nitrogens is 1. The van der Waals surface area contributed by atoms with Crippen LogP contribution in [0.4, 0.5) is 0 Å². The second-order valence-corrected chi connectivity index (χ2v) is 5.20. The van der Waals surface area contributed by atoms with Gasteiger partial charge in [0.15, 0.2) is 0 Å². The maximum absolute atomic E-state index is 11.1. The minimum absolute atomic E-state index is 0.119. The highest BCUT2D eigenvalue weighted by molar-refractivity contribution is 7.89. The molecule has 0 radical (unpaired) electrons. The number of hydrogen-bond donors (Lipinski definition) is 1. The minimum Gasteiger partial charge on any atom is -0.322 e. The van der Waals surface area contributed by atoms with Crippen molar-refractivity contribution in [3.63, 3.8) is 0 Å². The lowest BCUT2D eigenvalue weighted by Gasteiger charge is -2.02. The Morgan fingerprint density at radius 1 is 1.12 bits per heavy atom. The van der Waals surface area contributed by atoms with Crippen LogP contribution < -0.4 is 5.14 Å². The fraction of sp³-hybridized carbons (Fsp3) is 0.0909. The number of aryl methyl sites for hydroxylation is 1. The van der Waals surface area contributed by atoms with Gasteiger partial charge >= 0.3 is 0 Å². The highest BCUT2D eigenvalue weighted by Crippen LogP contribution is 2.14. The third kappa shape index (κ3) is 2.15. The number of nitrogens with zero attached hydrogens (tertiary/aromatic N) is 1. The third-order valence-corrected chi connectivity index (χ3v) is 3.22. The molecule has 1 aromatic heterocycles. The molecule has 2 aromatic rings. The largest absolute Gasteiger partial charge is 0.322 e. The summed E-state index contributed by atoms with van der Waals surface area (Å²) in [7, 11) is -3.62. The van der Waals surface area contributed by atoms with Gasteiger partial charge in [0, 0.05) is 18.1 Å². The van der Waals surface area contributed by atoms with E-state index in [-0.39, 0.29) is 4.90 Å². The molecule has 0 fully saturated rings. The van der Waals surface area contributed by atoms with Crippen LogP contribution in [0, 0.1) is 6.92 Å². The second-order valence-electron chi connectivity index (χ2n) is 3.64. The van der Waals surface area contributed by atoms with E-state index >= 15 is 0 Å². The van der Waals surface area contributed by atoms with Crippen molar-refractivity contribution in [1.82, 2.24) is 4.57 Å². The summed E-state index contributed by atoms with van der Waals surface area (Å²) in [5.74, 6) is 0. The van der Waals surface area contributed by atoms with Crippen molar-refractivity contribution in [3.05, 3.63) is 48.3 Å². The quantitative estimate of drug-likeness (QED) is 0.857. The maximum atomic E-state index is 11.1. The Morgan fingerprint density at radius 2 is 1.75 bits per heavy atom. The van der Waals surface area contributed by atoms with Crippen molar-refractivity contribution in [2.45, 2.75) is 11.8 Å². The fourth-order valence-corrected chi connectivity index (χ4v) is 1.93. The van der Waals surface area contributed by atoms with Gasteiger partial charge < -0.3 is 4.57 Å². The topological polar surface area (TPSA) is 65.1 Å². The number of sulfonamides is 1. The molecule has 2 rings (SSSR count). The summed E-state index contributed by atoms with van der Waals surface area (Å²) in [5.41, 5.74) is 2.06. The van der Waals surface area contributed by atoms with Gasteiger partial charge in [-0.1, -0.05) is 17.7 Å². The van der Waals surface area contributed by atoms with Gasteiger partial charge in [0.1, 0.15) is 0 Å². The third-order valence-electron chi connectivity index (χ3n) is 2.33. The van der Waals surface area contributed by atoms with E-state index < -0.39 is 10.0 Å². The zero-order valence-corrected chi connectivity index (χ0v) is 9.61. The van der Waals surface area contributed by atoms with Crippen molar-refractivity contribution in [2.24, 2.45) is 5.14 Å². The summed E-state index contributed by atoms with van der Waals surface area (Å²) in [6, 6.07) is 9.25. The molecule has 0 spiro atoms. The molecule has 84 valence electrons. The molecule has 0 atom stereocenters. The number of nitrogens with two attached hydrogens (primary N) is 1. The van der Waals surface area contributed by atoms with Crippen LogP contribution in [0.3, 0.4) is 0 Å². The molecule has 16 heavy (non-hydrogen) atoms. The Morgan fingerprint density at radius 3 is 2.25 bits per heavy atom. The second kappa shape index (κ2) is 3.77. The summed E-state index contributed by atoms with van der Waals surface area (Å²) in [6.07, 6.45) is 3.17. The number of rotatable bonds is 2. The molecule has 0 saturated heterocycles. The van der Waals surface area contributed by atoms with E-state index in [1.54, 1.807) is 10.8 Å². The highest BCUT2D eigenvalue weighted by atomic mass is 32.2. The molecule has 5 heteroatoms. The number of primary sulfonamides is 1. The molecular formula is C11H12N2O2S. The Balaban J connectivity index is 2.43. The van der Waals surface area contributed by atoms with Gasteiger partial charge in [0.25, 0.3) is 0 Å². The van der Waals surface area contributed by atoms with Gasteiger partial charge in [-0.05, 0) is 25.1 Å². The van der Waals surface area contributed by atoms with Crippen molar-refractivity contribution < 1.29 is 8.42 Å². The first kappa shape index (κ1) is 10.9. The number of hydrogen-bond acceptors (Lipinski definition) is 2. The first-order valence-corrected chi connectivity index (χ1v) is 6.29. The van der Waals surface area contributed by atoms with Crippen molar-refractivity contribution in [2.75, 3.05) is 0 Å². The fourth-order valence-electron chi connectivity index (χ4n) is 1.42. The van der Waals surface area contributed by atoms with Crippen LogP contribution in [0.15, 0.2) is 47.6 Å². The summed E-state index contributed by atoms with van der Waals surface area (Å²) in [5, 5.41) is 5.03. The number of benzene rings is 1. The molecule has 0 aliphatic carbocycles. The van der Waals surface area contributed by atoms with Crippen LogP contribution in [0.2, 0.25) is 0 Å². The van der Waals surface area contributed by atoms with E-state index in [4.69, 9.17) is 5.14 Å². The molecule has 0 unspecified atom stereocenters. The van der Waals surface area contributed by atoms with Crippen LogP contribution in [0.25, 0.3) is 5.69 Å². The average Bonchev–Trinajstić information content (AvgIpc) is 2.67. The van der Waals surface area contributed by atoms with Crippen LogP contribution in [0.1, 0.15) is 5.56 Å². The maximum Gasteiger partial charge on any atom is 0.239 e. The lowest BCUT2D eigenvalue weighted by molar-refractivity contribution is 0.598.